The molecule has 0 atom stereocenters. The fraction of sp³-hybridized carbons (Fsp3) is 0.636. The Balaban J connectivity index is 2.21. The van der Waals surface area contributed by atoms with Crippen LogP contribution in [0.1, 0.15) is 25.5 Å². The number of nitrogens with zero attached hydrogens (tertiary/aromatic N) is 2. The molecule has 0 saturated carbocycles. The van der Waals surface area contributed by atoms with Gasteiger partial charge in [0.05, 0.1) is 6.61 Å². The first kappa shape index (κ1) is 12.7. The number of aromatic nitrogens is 2. The van der Waals surface area contributed by atoms with E-state index in [2.05, 4.69) is 22.2 Å². The van der Waals surface area contributed by atoms with Crippen molar-refractivity contribution in [3.05, 3.63) is 11.8 Å². The zero-order valence-corrected chi connectivity index (χ0v) is 9.99. The van der Waals surface area contributed by atoms with Crippen LogP contribution < -0.4 is 11.1 Å². The number of nitrogens with one attached hydrogen (secondary N) is 1. The Hall–Kier alpha value is -1.36. The SMILES string of the molecule is CCCCOCCNc1cc(C)nc(N)n1. The summed E-state index contributed by atoms with van der Waals surface area (Å²) >= 11 is 0. The van der Waals surface area contributed by atoms with Gasteiger partial charge in [-0.05, 0) is 13.3 Å². The lowest BCUT2D eigenvalue weighted by atomic mass is 10.4. The highest BCUT2D eigenvalue weighted by Crippen LogP contribution is 2.06. The molecule has 5 heteroatoms. The standard InChI is InChI=1S/C11H20N4O/c1-3-4-6-16-7-5-13-10-8-9(2)14-11(12)15-10/h8H,3-7H2,1-2H3,(H3,12,13,14,15). The Morgan fingerprint density at radius 1 is 1.38 bits per heavy atom. The summed E-state index contributed by atoms with van der Waals surface area (Å²) < 4.78 is 5.42. The summed E-state index contributed by atoms with van der Waals surface area (Å²) in [7, 11) is 0. The molecule has 0 aromatic carbocycles. The minimum absolute atomic E-state index is 0.300. The summed E-state index contributed by atoms with van der Waals surface area (Å²) in [6, 6.07) is 1.86. The molecule has 0 aliphatic rings. The van der Waals surface area contributed by atoms with E-state index in [1.165, 1.54) is 0 Å². The average molecular weight is 224 g/mol. The molecular weight excluding hydrogens is 204 g/mol. The number of nitrogen functional groups attached to an aromatic ring is 1. The van der Waals surface area contributed by atoms with Gasteiger partial charge in [-0.1, -0.05) is 13.3 Å². The van der Waals surface area contributed by atoms with Crippen molar-refractivity contribution in [1.29, 1.82) is 0 Å². The van der Waals surface area contributed by atoms with E-state index < -0.39 is 0 Å². The lowest BCUT2D eigenvalue weighted by Crippen LogP contribution is -2.12. The minimum atomic E-state index is 0.300. The van der Waals surface area contributed by atoms with Crippen LogP contribution in [-0.4, -0.2) is 29.7 Å². The van der Waals surface area contributed by atoms with Gasteiger partial charge in [0.15, 0.2) is 0 Å². The topological polar surface area (TPSA) is 73.1 Å². The molecule has 0 radical (unpaired) electrons. The van der Waals surface area contributed by atoms with Crippen LogP contribution in [0.15, 0.2) is 6.07 Å². The molecule has 3 N–H and O–H groups in total. The van der Waals surface area contributed by atoms with Gasteiger partial charge in [0.25, 0.3) is 0 Å². The van der Waals surface area contributed by atoms with Crippen molar-refractivity contribution in [2.45, 2.75) is 26.7 Å². The van der Waals surface area contributed by atoms with Gasteiger partial charge >= 0.3 is 0 Å². The molecule has 1 heterocycles. The molecule has 0 aliphatic heterocycles. The van der Waals surface area contributed by atoms with E-state index >= 15 is 0 Å². The quantitative estimate of drug-likeness (QED) is 0.688. The summed E-state index contributed by atoms with van der Waals surface area (Å²) in [5.41, 5.74) is 6.40. The molecule has 0 bridgehead atoms. The summed E-state index contributed by atoms with van der Waals surface area (Å²) in [5, 5.41) is 3.15. The molecule has 1 aromatic heterocycles. The van der Waals surface area contributed by atoms with E-state index in [1.54, 1.807) is 0 Å². The molecule has 0 spiro atoms. The highest BCUT2D eigenvalue weighted by molar-refractivity contribution is 5.39. The number of rotatable bonds is 7. The number of anilines is 2. The van der Waals surface area contributed by atoms with Crippen LogP contribution in [-0.2, 0) is 4.74 Å². The molecule has 1 aromatic rings. The number of hydrogen-bond acceptors (Lipinski definition) is 5. The number of unbranched alkanes of at least 4 members (excludes halogenated alkanes) is 1. The summed E-state index contributed by atoms with van der Waals surface area (Å²) in [4.78, 5) is 8.07. The van der Waals surface area contributed by atoms with Crippen LogP contribution >= 0.6 is 0 Å². The summed E-state index contributed by atoms with van der Waals surface area (Å²) in [5.74, 6) is 1.05. The molecule has 90 valence electrons. The molecule has 0 unspecified atom stereocenters. The van der Waals surface area contributed by atoms with Gasteiger partial charge < -0.3 is 15.8 Å². The second-order valence-corrected chi connectivity index (χ2v) is 3.65. The number of nitrogens with two attached hydrogens (primary N) is 1. The van der Waals surface area contributed by atoms with Crippen LogP contribution in [0.5, 0.6) is 0 Å². The molecule has 0 amide bonds. The second kappa shape index (κ2) is 7.00. The van der Waals surface area contributed by atoms with E-state index in [-0.39, 0.29) is 0 Å². The van der Waals surface area contributed by atoms with Crippen molar-refractivity contribution in [3.63, 3.8) is 0 Å². The van der Waals surface area contributed by atoms with Crippen LogP contribution in [0.3, 0.4) is 0 Å². The van der Waals surface area contributed by atoms with Crippen molar-refractivity contribution in [1.82, 2.24) is 9.97 Å². The highest BCUT2D eigenvalue weighted by Gasteiger charge is 1.97. The Morgan fingerprint density at radius 2 is 2.19 bits per heavy atom. The smallest absolute Gasteiger partial charge is 0.222 e. The van der Waals surface area contributed by atoms with Crippen LogP contribution in [0.25, 0.3) is 0 Å². The fourth-order valence-electron chi connectivity index (χ4n) is 1.28. The van der Waals surface area contributed by atoms with Crippen LogP contribution in [0.2, 0.25) is 0 Å². The van der Waals surface area contributed by atoms with Gasteiger partial charge in [0.2, 0.25) is 5.95 Å². The monoisotopic (exact) mass is 224 g/mol. The molecule has 0 saturated heterocycles. The van der Waals surface area contributed by atoms with Crippen molar-refractivity contribution in [3.8, 4) is 0 Å². The number of hydrogen-bond donors (Lipinski definition) is 2. The fourth-order valence-corrected chi connectivity index (χ4v) is 1.28. The third kappa shape index (κ3) is 4.93. The Kier molecular flexibility index (Phi) is 5.56. The number of ether oxygens (including phenoxy) is 1. The van der Waals surface area contributed by atoms with Crippen molar-refractivity contribution in [2.75, 3.05) is 30.8 Å². The van der Waals surface area contributed by atoms with Crippen molar-refractivity contribution < 1.29 is 4.74 Å². The average Bonchev–Trinajstić information content (AvgIpc) is 2.22. The molecule has 0 fully saturated rings. The second-order valence-electron chi connectivity index (χ2n) is 3.65. The Labute approximate surface area is 96.4 Å². The third-order valence-electron chi connectivity index (χ3n) is 2.07. The lowest BCUT2D eigenvalue weighted by molar-refractivity contribution is 0.141. The maximum absolute atomic E-state index is 5.54. The van der Waals surface area contributed by atoms with E-state index in [4.69, 9.17) is 10.5 Å². The van der Waals surface area contributed by atoms with Gasteiger partial charge in [-0.25, -0.2) is 4.98 Å². The summed E-state index contributed by atoms with van der Waals surface area (Å²) in [6.07, 6.45) is 2.27. The predicted molar refractivity (Wildman–Crippen MR) is 65.4 cm³/mol. The van der Waals surface area contributed by atoms with Crippen LogP contribution in [0.4, 0.5) is 11.8 Å². The molecule has 1 rings (SSSR count). The first-order chi connectivity index (χ1) is 7.72. The predicted octanol–water partition coefficient (Wildman–Crippen LogP) is 1.60. The maximum atomic E-state index is 5.54. The highest BCUT2D eigenvalue weighted by atomic mass is 16.5. The van der Waals surface area contributed by atoms with Crippen molar-refractivity contribution in [2.24, 2.45) is 0 Å². The van der Waals surface area contributed by atoms with Gasteiger partial charge in [-0.15, -0.1) is 0 Å². The van der Waals surface area contributed by atoms with Gasteiger partial charge in [0.1, 0.15) is 5.82 Å². The van der Waals surface area contributed by atoms with Gasteiger partial charge in [-0.3, -0.25) is 0 Å². The molecular formula is C11H20N4O. The summed E-state index contributed by atoms with van der Waals surface area (Å²) in [6.45, 7) is 6.28. The van der Waals surface area contributed by atoms with Crippen molar-refractivity contribution >= 4 is 11.8 Å². The number of aryl methyl sites for hydroxylation is 1. The van der Waals surface area contributed by atoms with E-state index in [0.29, 0.717) is 12.6 Å². The van der Waals surface area contributed by atoms with Gasteiger partial charge in [0, 0.05) is 24.9 Å². The Morgan fingerprint density at radius 3 is 2.88 bits per heavy atom. The molecule has 5 nitrogen and oxygen atoms in total. The lowest BCUT2D eigenvalue weighted by Gasteiger charge is -2.07. The van der Waals surface area contributed by atoms with E-state index in [9.17, 15) is 0 Å². The normalized spacial score (nSPS) is 10.4. The van der Waals surface area contributed by atoms with E-state index in [1.807, 2.05) is 13.0 Å². The zero-order chi connectivity index (χ0) is 11.8. The van der Waals surface area contributed by atoms with E-state index in [0.717, 1.165) is 37.5 Å². The van der Waals surface area contributed by atoms with Crippen LogP contribution in [0, 0.1) is 6.92 Å². The minimum Gasteiger partial charge on any atom is -0.380 e. The largest absolute Gasteiger partial charge is 0.380 e. The maximum Gasteiger partial charge on any atom is 0.222 e. The first-order valence-corrected chi connectivity index (χ1v) is 5.65. The molecule has 0 aliphatic carbocycles. The Bertz CT molecular complexity index is 297. The zero-order valence-electron chi connectivity index (χ0n) is 9.99. The first-order valence-electron chi connectivity index (χ1n) is 5.65. The van der Waals surface area contributed by atoms with Gasteiger partial charge in [-0.2, -0.15) is 4.98 Å². The third-order valence-corrected chi connectivity index (χ3v) is 2.07. The molecule has 16 heavy (non-hydrogen) atoms.